The smallest absolute Gasteiger partial charge is 0.326 e. The van der Waals surface area contributed by atoms with E-state index in [9.17, 15) is 9.59 Å². The normalized spacial score (nSPS) is 11.7. The number of carbonyl (C=O) groups excluding carboxylic acids is 2. The van der Waals surface area contributed by atoms with Crippen molar-refractivity contribution in [1.29, 1.82) is 0 Å². The molecule has 0 amide bonds. The number of aryl methyl sites for hydroxylation is 2. The fourth-order valence-electron chi connectivity index (χ4n) is 1.76. The minimum absolute atomic E-state index is 0.320. The Balaban J connectivity index is 2.96. The van der Waals surface area contributed by atoms with E-state index < -0.39 is 17.9 Å². The summed E-state index contributed by atoms with van der Waals surface area (Å²) in [6, 6.07) is 0. The van der Waals surface area contributed by atoms with Crippen LogP contribution in [-0.4, -0.2) is 35.3 Å². The van der Waals surface area contributed by atoms with Gasteiger partial charge < -0.3 is 9.47 Å². The highest BCUT2D eigenvalue weighted by molar-refractivity contribution is 7.15. The Morgan fingerprint density at radius 2 is 1.70 bits per heavy atom. The van der Waals surface area contributed by atoms with Gasteiger partial charge in [0.15, 0.2) is 5.92 Å². The summed E-state index contributed by atoms with van der Waals surface area (Å²) in [6.45, 7) is 10.9. The van der Waals surface area contributed by atoms with Gasteiger partial charge in [0, 0.05) is 11.1 Å². The molecule has 1 rings (SSSR count). The summed E-state index contributed by atoms with van der Waals surface area (Å²) < 4.78 is 10.2. The molecule has 0 radical (unpaired) electrons. The second-order valence-corrected chi connectivity index (χ2v) is 6.76. The van der Waals surface area contributed by atoms with Crippen LogP contribution in [0.25, 0.3) is 0 Å². The topological polar surface area (TPSA) is 77.9 Å². The largest absolute Gasteiger partial charge is 0.462 e. The molecule has 0 saturated carbocycles. The third-order valence-electron chi connectivity index (χ3n) is 2.76. The Kier molecular flexibility index (Phi) is 7.35. The Bertz CT molecular complexity index is 557. The summed E-state index contributed by atoms with van der Waals surface area (Å²) in [5.41, 5.74) is 0.966. The minimum atomic E-state index is -1.19. The monoisotopic (exact) mass is 340 g/mol. The van der Waals surface area contributed by atoms with Crippen LogP contribution in [0.15, 0.2) is 4.99 Å². The second-order valence-electron chi connectivity index (χ2n) is 5.58. The first-order chi connectivity index (χ1) is 10.7. The minimum Gasteiger partial charge on any atom is -0.462 e. The van der Waals surface area contributed by atoms with Gasteiger partial charge in [-0.2, -0.15) is 0 Å². The number of esters is 2. The fraction of sp³-hybridized carbons (Fsp3) is 0.625. The molecule has 1 aromatic heterocycles. The third-order valence-corrected chi connectivity index (χ3v) is 3.68. The SMILES string of the molecule is CCc1nc(N=CC(C(=O)OC(C)C)C(=O)OC(C)C)sc1C. The van der Waals surface area contributed by atoms with E-state index in [0.717, 1.165) is 17.0 Å². The zero-order chi connectivity index (χ0) is 17.6. The Labute approximate surface area is 140 Å². The second kappa shape index (κ2) is 8.76. The first-order valence-corrected chi connectivity index (χ1v) is 8.47. The highest BCUT2D eigenvalue weighted by Gasteiger charge is 2.29. The first kappa shape index (κ1) is 19.3. The van der Waals surface area contributed by atoms with Crippen LogP contribution in [-0.2, 0) is 25.5 Å². The maximum absolute atomic E-state index is 12.1. The van der Waals surface area contributed by atoms with E-state index in [4.69, 9.17) is 9.47 Å². The first-order valence-electron chi connectivity index (χ1n) is 7.66. The zero-order valence-electron chi connectivity index (χ0n) is 14.5. The van der Waals surface area contributed by atoms with Crippen molar-refractivity contribution in [1.82, 2.24) is 4.98 Å². The van der Waals surface area contributed by atoms with Crippen LogP contribution in [0.4, 0.5) is 5.13 Å². The van der Waals surface area contributed by atoms with Crippen molar-refractivity contribution in [3.63, 3.8) is 0 Å². The summed E-state index contributed by atoms with van der Waals surface area (Å²) >= 11 is 1.42. The van der Waals surface area contributed by atoms with Crippen LogP contribution < -0.4 is 0 Å². The number of aromatic nitrogens is 1. The van der Waals surface area contributed by atoms with Crippen LogP contribution in [0.3, 0.4) is 0 Å². The fourth-order valence-corrected chi connectivity index (χ4v) is 2.61. The summed E-state index contributed by atoms with van der Waals surface area (Å²) in [6.07, 6.45) is 1.43. The van der Waals surface area contributed by atoms with Gasteiger partial charge in [0.1, 0.15) is 0 Å². The van der Waals surface area contributed by atoms with Crippen LogP contribution in [0.1, 0.15) is 45.2 Å². The van der Waals surface area contributed by atoms with Gasteiger partial charge in [0.2, 0.25) is 5.13 Å². The molecule has 0 unspecified atom stereocenters. The van der Waals surface area contributed by atoms with E-state index in [2.05, 4.69) is 9.98 Å². The van der Waals surface area contributed by atoms with Crippen molar-refractivity contribution >= 4 is 34.6 Å². The molecule has 23 heavy (non-hydrogen) atoms. The molecule has 6 nitrogen and oxygen atoms in total. The zero-order valence-corrected chi connectivity index (χ0v) is 15.3. The van der Waals surface area contributed by atoms with E-state index in [1.165, 1.54) is 17.6 Å². The standard InChI is InChI=1S/C16H24N2O4S/c1-7-13-11(6)23-16(18-13)17-8-12(14(19)21-9(2)3)15(20)22-10(4)5/h8-10,12H,7H2,1-6H3. The van der Waals surface area contributed by atoms with E-state index in [-0.39, 0.29) is 12.2 Å². The lowest BCUT2D eigenvalue weighted by atomic mass is 10.1. The molecule has 0 spiro atoms. The highest BCUT2D eigenvalue weighted by atomic mass is 32.1. The van der Waals surface area contributed by atoms with Crippen molar-refractivity contribution < 1.29 is 19.1 Å². The van der Waals surface area contributed by atoms with Gasteiger partial charge in [0.25, 0.3) is 0 Å². The summed E-state index contributed by atoms with van der Waals surface area (Å²) in [5.74, 6) is -2.52. The van der Waals surface area contributed by atoms with Gasteiger partial charge in [0.05, 0.1) is 17.9 Å². The van der Waals surface area contributed by atoms with E-state index in [0.29, 0.717) is 5.13 Å². The number of ether oxygens (including phenoxy) is 2. The molecule has 0 saturated heterocycles. The van der Waals surface area contributed by atoms with Crippen molar-refractivity contribution in [3.8, 4) is 0 Å². The van der Waals surface area contributed by atoms with Crippen molar-refractivity contribution in [3.05, 3.63) is 10.6 Å². The molecule has 0 bridgehead atoms. The van der Waals surface area contributed by atoms with Gasteiger partial charge >= 0.3 is 11.9 Å². The number of hydrogen-bond donors (Lipinski definition) is 0. The Morgan fingerprint density at radius 1 is 1.17 bits per heavy atom. The molecule has 0 aromatic carbocycles. The van der Waals surface area contributed by atoms with E-state index in [1.54, 1.807) is 27.7 Å². The average molecular weight is 340 g/mol. The van der Waals surface area contributed by atoms with Gasteiger partial charge in [-0.15, -0.1) is 0 Å². The Hall–Kier alpha value is -1.76. The molecule has 0 fully saturated rings. The highest BCUT2D eigenvalue weighted by Crippen LogP contribution is 2.25. The lowest BCUT2D eigenvalue weighted by Gasteiger charge is -2.15. The van der Waals surface area contributed by atoms with Crippen LogP contribution in [0.2, 0.25) is 0 Å². The summed E-state index contributed by atoms with van der Waals surface area (Å²) in [7, 11) is 0. The van der Waals surface area contributed by atoms with Crippen LogP contribution in [0, 0.1) is 12.8 Å². The maximum Gasteiger partial charge on any atom is 0.326 e. The van der Waals surface area contributed by atoms with Crippen molar-refractivity contribution in [2.75, 3.05) is 0 Å². The van der Waals surface area contributed by atoms with E-state index in [1.807, 2.05) is 13.8 Å². The molecule has 128 valence electrons. The molecule has 0 aliphatic heterocycles. The lowest BCUT2D eigenvalue weighted by Crippen LogP contribution is -2.32. The third kappa shape index (κ3) is 6.09. The molecule has 0 N–H and O–H groups in total. The predicted molar refractivity (Wildman–Crippen MR) is 90.3 cm³/mol. The lowest BCUT2D eigenvalue weighted by molar-refractivity contribution is -0.162. The number of aliphatic imine (C=N–C) groups is 1. The van der Waals surface area contributed by atoms with E-state index >= 15 is 0 Å². The van der Waals surface area contributed by atoms with Crippen molar-refractivity contribution in [2.24, 2.45) is 10.9 Å². The molecule has 1 aromatic rings. The number of thiazole rings is 1. The summed E-state index contributed by atoms with van der Waals surface area (Å²) in [4.78, 5) is 33.8. The number of nitrogens with zero attached hydrogens (tertiary/aromatic N) is 2. The molecule has 0 aliphatic carbocycles. The van der Waals surface area contributed by atoms with Gasteiger partial charge in [-0.1, -0.05) is 18.3 Å². The number of carbonyl (C=O) groups is 2. The average Bonchev–Trinajstić information content (AvgIpc) is 2.77. The van der Waals surface area contributed by atoms with Gasteiger partial charge in [-0.3, -0.25) is 9.59 Å². The van der Waals surface area contributed by atoms with Crippen LogP contribution in [0.5, 0.6) is 0 Å². The molecular formula is C16H24N2O4S. The van der Waals surface area contributed by atoms with Gasteiger partial charge in [-0.25, -0.2) is 9.98 Å². The number of rotatable bonds is 7. The molecule has 0 atom stereocenters. The molecular weight excluding hydrogens is 316 g/mol. The quantitative estimate of drug-likeness (QED) is 0.432. The maximum atomic E-state index is 12.1. The van der Waals surface area contributed by atoms with Gasteiger partial charge in [-0.05, 0) is 41.0 Å². The number of hydrogen-bond acceptors (Lipinski definition) is 7. The Morgan fingerprint density at radius 3 is 2.09 bits per heavy atom. The predicted octanol–water partition coefficient (Wildman–Crippen LogP) is 3.24. The molecule has 7 heteroatoms. The summed E-state index contributed by atoms with van der Waals surface area (Å²) in [5, 5.41) is 0.513. The molecule has 0 aliphatic rings. The molecule has 1 heterocycles. The van der Waals surface area contributed by atoms with Crippen LogP contribution >= 0.6 is 11.3 Å². The van der Waals surface area contributed by atoms with Crippen molar-refractivity contribution in [2.45, 2.75) is 60.2 Å².